The zero-order valence-corrected chi connectivity index (χ0v) is 29.4. The number of anilines is 1. The van der Waals surface area contributed by atoms with Crippen LogP contribution >= 0.6 is 24.8 Å². The second-order valence-electron chi connectivity index (χ2n) is 11.6. The van der Waals surface area contributed by atoms with Crippen molar-refractivity contribution in [3.05, 3.63) is 59.2 Å². The Morgan fingerprint density at radius 1 is 1.12 bits per heavy atom. The van der Waals surface area contributed by atoms with Crippen molar-refractivity contribution in [2.75, 3.05) is 36.3 Å². The average Bonchev–Trinajstić information content (AvgIpc) is 3.27. The minimum absolute atomic E-state index is 0. The molecule has 10 nitrogen and oxygen atoms in total. The molecule has 0 bridgehead atoms. The maximum atomic E-state index is 14.5. The van der Waals surface area contributed by atoms with Crippen molar-refractivity contribution < 1.29 is 35.9 Å². The summed E-state index contributed by atoms with van der Waals surface area (Å²) < 4.78 is 82.3. The molecule has 16 heteroatoms. The van der Waals surface area contributed by atoms with E-state index in [1.807, 2.05) is 0 Å². The number of piperidine rings is 1. The van der Waals surface area contributed by atoms with Gasteiger partial charge >= 0.3 is 12.1 Å². The van der Waals surface area contributed by atoms with Crippen LogP contribution in [0.3, 0.4) is 0 Å². The average molecular weight is 739 g/mol. The van der Waals surface area contributed by atoms with Gasteiger partial charge in [0.25, 0.3) is 0 Å². The van der Waals surface area contributed by atoms with Gasteiger partial charge < -0.3 is 20.1 Å². The molecule has 0 spiro atoms. The van der Waals surface area contributed by atoms with Crippen molar-refractivity contribution in [3.63, 3.8) is 0 Å². The van der Waals surface area contributed by atoms with E-state index < -0.39 is 45.6 Å². The van der Waals surface area contributed by atoms with Crippen molar-refractivity contribution in [1.29, 1.82) is 5.41 Å². The van der Waals surface area contributed by atoms with Crippen LogP contribution in [-0.2, 0) is 32.2 Å². The first-order valence-corrected chi connectivity index (χ1v) is 17.2. The first-order chi connectivity index (χ1) is 21.8. The van der Waals surface area contributed by atoms with Crippen molar-refractivity contribution in [1.82, 2.24) is 4.90 Å². The summed E-state index contributed by atoms with van der Waals surface area (Å²) in [7, 11) is -4.50. The van der Waals surface area contributed by atoms with E-state index in [1.165, 1.54) is 19.9 Å². The molecule has 268 valence electrons. The number of carbonyl (C=O) groups excluding carboxylic acids is 1. The number of nitrogen functional groups attached to an aromatic ring is 1. The summed E-state index contributed by atoms with van der Waals surface area (Å²) in [5.41, 5.74) is 5.25. The summed E-state index contributed by atoms with van der Waals surface area (Å²) in [4.78, 5) is 19.1. The lowest BCUT2D eigenvalue weighted by atomic mass is 10.0. The van der Waals surface area contributed by atoms with Gasteiger partial charge in [0.15, 0.2) is 5.75 Å². The summed E-state index contributed by atoms with van der Waals surface area (Å²) in [6.07, 6.45) is -0.0195. The van der Waals surface area contributed by atoms with Crippen LogP contribution in [0, 0.1) is 5.41 Å². The molecule has 0 radical (unpaired) electrons. The molecule has 2 heterocycles. The van der Waals surface area contributed by atoms with Crippen LogP contribution < -0.4 is 14.8 Å². The van der Waals surface area contributed by atoms with Crippen LogP contribution in [0.2, 0.25) is 0 Å². The summed E-state index contributed by atoms with van der Waals surface area (Å²) in [6.45, 7) is 5.06. The Hall–Kier alpha value is -3.23. The second kappa shape index (κ2) is 18.0. The molecule has 2 aromatic carbocycles. The minimum atomic E-state index is -4.85. The first-order valence-electron chi connectivity index (χ1n) is 15.6. The number of ether oxygens (including phenoxy) is 2. The van der Waals surface area contributed by atoms with Crippen molar-refractivity contribution in [2.45, 2.75) is 77.1 Å². The molecule has 2 aromatic rings. The molecule has 0 saturated carbocycles. The Labute approximate surface area is 292 Å². The summed E-state index contributed by atoms with van der Waals surface area (Å²) >= 11 is 0. The Kier molecular flexibility index (Phi) is 15.3. The standard InChI is InChI=1S/C32H42F3N5O5S.2ClH/c1-3-44-30(41)21-46(42,43)40(22(2)18-23-8-7-9-24(19-23)31(36)37)25-11-12-28(27(20-25)32(33,34)35)45-26-13-16-39(17-14-26)29-10-5-4-6-15-38-29;;/h7-9,11-12,19-20,22,26H,3-6,10,13-18,21H2,1-2H3,(H3,36,37);2*1H. The number of benzene rings is 2. The number of rotatable bonds is 11. The van der Waals surface area contributed by atoms with E-state index in [0.717, 1.165) is 54.5 Å². The molecule has 3 N–H and O–H groups in total. The normalized spacial score (nSPS) is 16.4. The smallest absolute Gasteiger partial charge is 0.420 e. The number of likely N-dealkylation sites (tertiary alicyclic amines) is 1. The third kappa shape index (κ3) is 10.9. The lowest BCUT2D eigenvalue weighted by molar-refractivity contribution is -0.140. The fourth-order valence-corrected chi connectivity index (χ4v) is 7.49. The predicted octanol–water partition coefficient (Wildman–Crippen LogP) is 5.98. The molecular weight excluding hydrogens is 694 g/mol. The number of nitrogens with two attached hydrogens (primary N) is 1. The van der Waals surface area contributed by atoms with E-state index >= 15 is 0 Å². The van der Waals surface area contributed by atoms with E-state index in [-0.39, 0.29) is 55.1 Å². The second-order valence-corrected chi connectivity index (χ2v) is 13.5. The summed E-state index contributed by atoms with van der Waals surface area (Å²) in [5.74, 6) is -1.58. The number of amidine groups is 2. The number of esters is 1. The number of halogens is 5. The van der Waals surface area contributed by atoms with Crippen LogP contribution in [0.5, 0.6) is 5.75 Å². The molecule has 2 aliphatic heterocycles. The zero-order chi connectivity index (χ0) is 33.5. The summed E-state index contributed by atoms with van der Waals surface area (Å²) in [5, 5.41) is 7.70. The third-order valence-corrected chi connectivity index (χ3v) is 9.82. The molecule has 1 unspecified atom stereocenters. The van der Waals surface area contributed by atoms with Crippen molar-refractivity contribution >= 4 is 58.2 Å². The Morgan fingerprint density at radius 3 is 2.48 bits per heavy atom. The van der Waals surface area contributed by atoms with Crippen LogP contribution in [0.1, 0.15) is 69.1 Å². The quantitative estimate of drug-likeness (QED) is 0.164. The highest BCUT2D eigenvalue weighted by Crippen LogP contribution is 2.40. The van der Waals surface area contributed by atoms with Gasteiger partial charge in [-0.25, -0.2) is 8.42 Å². The fraction of sp³-hybridized carbons (Fsp3) is 0.531. The van der Waals surface area contributed by atoms with E-state index in [2.05, 4.69) is 9.89 Å². The number of aliphatic imine (C=N–C) groups is 1. The minimum Gasteiger partial charge on any atom is -0.490 e. The van der Waals surface area contributed by atoms with Crippen LogP contribution in [0.15, 0.2) is 47.5 Å². The number of carbonyl (C=O) groups is 1. The van der Waals surface area contributed by atoms with Crippen LogP contribution in [-0.4, -0.2) is 75.1 Å². The van der Waals surface area contributed by atoms with Crippen molar-refractivity contribution in [3.8, 4) is 5.75 Å². The predicted molar refractivity (Wildman–Crippen MR) is 185 cm³/mol. The van der Waals surface area contributed by atoms with Gasteiger partial charge in [-0.1, -0.05) is 24.6 Å². The van der Waals surface area contributed by atoms with Gasteiger partial charge in [-0.05, 0) is 62.9 Å². The number of nitrogens with one attached hydrogen (secondary N) is 1. The van der Waals surface area contributed by atoms with Crippen LogP contribution in [0.4, 0.5) is 18.9 Å². The highest BCUT2D eigenvalue weighted by Gasteiger charge is 2.38. The van der Waals surface area contributed by atoms with E-state index in [9.17, 15) is 26.4 Å². The van der Waals surface area contributed by atoms with Gasteiger partial charge in [0.05, 0.1) is 23.7 Å². The van der Waals surface area contributed by atoms with E-state index in [4.69, 9.17) is 20.6 Å². The number of sulfonamides is 1. The lowest BCUT2D eigenvalue weighted by Gasteiger charge is -2.35. The molecular formula is C32H44Cl2F3N5O5S. The maximum absolute atomic E-state index is 14.5. The molecule has 0 aromatic heterocycles. The molecule has 1 atom stereocenters. The molecule has 2 aliphatic rings. The Morgan fingerprint density at radius 2 is 1.83 bits per heavy atom. The van der Waals surface area contributed by atoms with Crippen molar-refractivity contribution in [2.24, 2.45) is 10.7 Å². The summed E-state index contributed by atoms with van der Waals surface area (Å²) in [6, 6.07) is 8.84. The highest BCUT2D eigenvalue weighted by atomic mass is 35.5. The molecule has 0 amide bonds. The topological polar surface area (TPSA) is 138 Å². The largest absolute Gasteiger partial charge is 0.490 e. The van der Waals surface area contributed by atoms with Gasteiger partial charge in [0.2, 0.25) is 10.0 Å². The first kappa shape index (κ1) is 40.9. The SMILES string of the molecule is CCOC(=O)CS(=O)(=O)N(c1ccc(OC2CCN(C3=NCCCCC3)CC2)c(C(F)(F)F)c1)C(C)Cc1cccc(C(=N)N)c1.Cl.Cl. The number of nitrogens with zero attached hydrogens (tertiary/aromatic N) is 3. The fourth-order valence-electron chi connectivity index (χ4n) is 5.91. The zero-order valence-electron chi connectivity index (χ0n) is 27.0. The maximum Gasteiger partial charge on any atom is 0.420 e. The van der Waals surface area contributed by atoms with Crippen LogP contribution in [0.25, 0.3) is 0 Å². The van der Waals surface area contributed by atoms with E-state index in [0.29, 0.717) is 37.1 Å². The molecule has 1 saturated heterocycles. The number of hydrogen-bond donors (Lipinski definition) is 2. The monoisotopic (exact) mass is 737 g/mol. The number of hydrogen-bond acceptors (Lipinski definition) is 8. The van der Waals surface area contributed by atoms with Gasteiger partial charge in [0, 0.05) is 50.5 Å². The number of alkyl halides is 3. The molecule has 4 rings (SSSR count). The van der Waals surface area contributed by atoms with E-state index in [1.54, 1.807) is 24.3 Å². The molecule has 48 heavy (non-hydrogen) atoms. The third-order valence-electron chi connectivity index (χ3n) is 8.05. The Bertz CT molecular complexity index is 1540. The highest BCUT2D eigenvalue weighted by molar-refractivity contribution is 7.93. The van der Waals surface area contributed by atoms with Gasteiger partial charge in [0.1, 0.15) is 17.7 Å². The Balaban J connectivity index is 0.00000400. The van der Waals surface area contributed by atoms with Gasteiger partial charge in [-0.3, -0.25) is 19.5 Å². The molecule has 0 aliphatic carbocycles. The van der Waals surface area contributed by atoms with Gasteiger partial charge in [-0.2, -0.15) is 13.2 Å². The lowest BCUT2D eigenvalue weighted by Crippen LogP contribution is -2.43. The molecule has 1 fully saturated rings. The van der Waals surface area contributed by atoms with Gasteiger partial charge in [-0.15, -0.1) is 24.8 Å².